The van der Waals surface area contributed by atoms with E-state index in [-0.39, 0.29) is 21.7 Å². The van der Waals surface area contributed by atoms with Gasteiger partial charge in [0.05, 0.1) is 6.61 Å². The topological polar surface area (TPSA) is 27.7 Å². The van der Waals surface area contributed by atoms with Crippen LogP contribution in [0.5, 0.6) is 11.5 Å². The molecule has 0 fully saturated rings. The van der Waals surface area contributed by atoms with E-state index in [2.05, 4.69) is 126 Å². The molecule has 0 bridgehead atoms. The summed E-state index contributed by atoms with van der Waals surface area (Å²) >= 11 is 0. The quantitative estimate of drug-likeness (QED) is 0.160. The summed E-state index contributed by atoms with van der Waals surface area (Å²) in [7, 11) is -1.65. The molecule has 0 aliphatic heterocycles. The molecule has 0 amide bonds. The Morgan fingerprint density at radius 3 is 1.24 bits per heavy atom. The number of hydrogen-bond acceptors (Lipinski definition) is 3. The first-order valence-corrected chi connectivity index (χ1v) is 17.5. The minimum absolute atomic E-state index is 0.0587. The number of rotatable bonds is 14. The summed E-state index contributed by atoms with van der Waals surface area (Å²) < 4.78 is 19.8. The maximum atomic E-state index is 6.70. The molecule has 0 spiro atoms. The first-order chi connectivity index (χ1) is 19.3. The van der Waals surface area contributed by atoms with Gasteiger partial charge in [0.25, 0.3) is 0 Å². The zero-order valence-corrected chi connectivity index (χ0v) is 30.4. The molecule has 2 aromatic carbocycles. The minimum Gasteiger partial charge on any atom is -0.417 e. The van der Waals surface area contributed by atoms with Crippen LogP contribution in [0.1, 0.15) is 164 Å². The van der Waals surface area contributed by atoms with Crippen molar-refractivity contribution in [3.8, 4) is 11.5 Å². The second kappa shape index (κ2) is 15.4. The fraction of sp³-hybridized carbons (Fsp3) is 0.684. The Morgan fingerprint density at radius 2 is 0.881 bits per heavy atom. The molecule has 4 heteroatoms. The lowest BCUT2D eigenvalue weighted by Gasteiger charge is -2.30. The minimum atomic E-state index is -1.65. The van der Waals surface area contributed by atoms with E-state index in [0.29, 0.717) is 6.61 Å². The van der Waals surface area contributed by atoms with Crippen molar-refractivity contribution < 1.29 is 13.6 Å². The van der Waals surface area contributed by atoms with Crippen LogP contribution in [0.15, 0.2) is 36.4 Å². The molecule has 0 heterocycles. The largest absolute Gasteiger partial charge is 0.463 e. The van der Waals surface area contributed by atoms with Crippen LogP contribution in [-0.2, 0) is 26.2 Å². The van der Waals surface area contributed by atoms with Crippen LogP contribution in [-0.4, -0.2) is 6.61 Å². The Kier molecular flexibility index (Phi) is 13.5. The fourth-order valence-electron chi connectivity index (χ4n) is 4.93. The molecule has 0 unspecified atom stereocenters. The Labute approximate surface area is 261 Å². The smallest absolute Gasteiger partial charge is 0.417 e. The summed E-state index contributed by atoms with van der Waals surface area (Å²) in [5, 5.41) is 0. The van der Waals surface area contributed by atoms with Gasteiger partial charge in [-0.25, -0.2) is 0 Å². The molecule has 0 atom stereocenters. The van der Waals surface area contributed by atoms with Gasteiger partial charge in [0.2, 0.25) is 0 Å². The number of hydrogen-bond donors (Lipinski definition) is 0. The first kappa shape index (κ1) is 36.6. The van der Waals surface area contributed by atoms with E-state index >= 15 is 0 Å². The van der Waals surface area contributed by atoms with Gasteiger partial charge in [-0.2, -0.15) is 0 Å². The van der Waals surface area contributed by atoms with E-state index in [0.717, 1.165) is 17.9 Å². The van der Waals surface area contributed by atoms with Crippen molar-refractivity contribution in [3.63, 3.8) is 0 Å². The average Bonchev–Trinajstić information content (AvgIpc) is 2.85. The number of unbranched alkanes of at least 4 members (excludes halogenated alkanes) is 7. The van der Waals surface area contributed by atoms with Crippen LogP contribution in [0, 0.1) is 0 Å². The van der Waals surface area contributed by atoms with Gasteiger partial charge in [-0.3, -0.25) is 4.52 Å². The summed E-state index contributed by atoms with van der Waals surface area (Å²) in [6.07, 6.45) is 10.1. The third kappa shape index (κ3) is 11.8. The molecule has 3 nitrogen and oxygen atoms in total. The van der Waals surface area contributed by atoms with Crippen LogP contribution in [0.4, 0.5) is 0 Å². The highest BCUT2D eigenvalue weighted by Gasteiger charge is 2.29. The average molecular weight is 599 g/mol. The molecule has 0 aliphatic rings. The summed E-state index contributed by atoms with van der Waals surface area (Å²) in [4.78, 5) is 0. The predicted octanol–water partition coefficient (Wildman–Crippen LogP) is 12.7. The Balaban J connectivity index is 2.35. The first-order valence-electron chi connectivity index (χ1n) is 16.4. The number of benzene rings is 2. The second-order valence-corrected chi connectivity index (χ2v) is 17.2. The maximum absolute atomic E-state index is 6.70. The van der Waals surface area contributed by atoms with Crippen LogP contribution in [0.2, 0.25) is 0 Å². The molecular formula is C38H63O3P. The molecule has 42 heavy (non-hydrogen) atoms. The van der Waals surface area contributed by atoms with Crippen LogP contribution >= 0.6 is 8.60 Å². The summed E-state index contributed by atoms with van der Waals surface area (Å²) in [6.45, 7) is 29.9. The highest BCUT2D eigenvalue weighted by Crippen LogP contribution is 2.48. The predicted molar refractivity (Wildman–Crippen MR) is 184 cm³/mol. The van der Waals surface area contributed by atoms with Crippen molar-refractivity contribution in [2.24, 2.45) is 0 Å². The van der Waals surface area contributed by atoms with Crippen LogP contribution in [0.3, 0.4) is 0 Å². The van der Waals surface area contributed by atoms with Gasteiger partial charge in [0.15, 0.2) is 0 Å². The molecule has 238 valence electrons. The van der Waals surface area contributed by atoms with E-state index in [1.165, 1.54) is 67.2 Å². The van der Waals surface area contributed by atoms with Gasteiger partial charge in [-0.15, -0.1) is 0 Å². The molecule has 0 radical (unpaired) electrons. The summed E-state index contributed by atoms with van der Waals surface area (Å²) in [5.74, 6) is 1.70. The van der Waals surface area contributed by atoms with Gasteiger partial charge in [-0.1, -0.05) is 159 Å². The lowest BCUT2D eigenvalue weighted by molar-refractivity contribution is 0.255. The molecule has 0 saturated heterocycles. The van der Waals surface area contributed by atoms with E-state index in [1.807, 2.05) is 0 Å². The van der Waals surface area contributed by atoms with Gasteiger partial charge < -0.3 is 9.05 Å². The zero-order valence-electron chi connectivity index (χ0n) is 29.5. The Hall–Kier alpha value is -1.57. The third-order valence-corrected chi connectivity index (χ3v) is 8.93. The molecule has 0 aliphatic carbocycles. The maximum Gasteiger partial charge on any atom is 0.463 e. The molecule has 0 saturated carbocycles. The normalized spacial score (nSPS) is 13.1. The van der Waals surface area contributed by atoms with Crippen LogP contribution in [0.25, 0.3) is 0 Å². The zero-order chi connectivity index (χ0) is 31.8. The van der Waals surface area contributed by atoms with Gasteiger partial charge in [-0.05, 0) is 51.3 Å². The van der Waals surface area contributed by atoms with E-state index in [4.69, 9.17) is 13.6 Å². The monoisotopic (exact) mass is 598 g/mol. The van der Waals surface area contributed by atoms with Crippen LogP contribution < -0.4 is 9.05 Å². The SMILES string of the molecule is CCCCCCCCCCOP(Oc1ccc(C(C)(C)C)cc1C(C)(C)C)Oc1ccc(C(C)(C)C)cc1C(C)(C)C. The van der Waals surface area contributed by atoms with Crippen molar-refractivity contribution in [1.82, 2.24) is 0 Å². The highest BCUT2D eigenvalue weighted by atomic mass is 31.2. The van der Waals surface area contributed by atoms with Gasteiger partial charge in [0.1, 0.15) is 11.5 Å². The van der Waals surface area contributed by atoms with E-state index in [1.54, 1.807) is 0 Å². The second-order valence-electron chi connectivity index (χ2n) is 16.1. The van der Waals surface area contributed by atoms with Gasteiger partial charge in [0, 0.05) is 11.1 Å². The van der Waals surface area contributed by atoms with Crippen molar-refractivity contribution in [3.05, 3.63) is 58.7 Å². The van der Waals surface area contributed by atoms with Crippen molar-refractivity contribution >= 4 is 8.60 Å². The standard InChI is InChI=1S/C38H63O3P/c1-14-15-16-17-18-19-20-21-26-39-42(40-33-24-22-29(35(2,3)4)27-31(33)37(8,9)10)41-34-25-23-30(36(5,6)7)28-32(34)38(11,12)13/h22-25,27-28H,14-21,26H2,1-13H3. The summed E-state index contributed by atoms with van der Waals surface area (Å²) in [6, 6.07) is 13.2. The Morgan fingerprint density at radius 1 is 0.500 bits per heavy atom. The lowest BCUT2D eigenvalue weighted by atomic mass is 9.80. The fourth-order valence-corrected chi connectivity index (χ4v) is 5.99. The molecule has 0 N–H and O–H groups in total. The van der Waals surface area contributed by atoms with Gasteiger partial charge >= 0.3 is 8.60 Å². The van der Waals surface area contributed by atoms with Crippen molar-refractivity contribution in [2.75, 3.05) is 6.61 Å². The lowest BCUT2D eigenvalue weighted by Crippen LogP contribution is -2.18. The van der Waals surface area contributed by atoms with Crippen molar-refractivity contribution in [1.29, 1.82) is 0 Å². The van der Waals surface area contributed by atoms with Crippen molar-refractivity contribution in [2.45, 2.75) is 163 Å². The Bertz CT molecular complexity index is 1020. The summed E-state index contributed by atoms with van der Waals surface area (Å²) in [5.41, 5.74) is 4.92. The van der Waals surface area contributed by atoms with E-state index in [9.17, 15) is 0 Å². The third-order valence-electron chi connectivity index (χ3n) is 7.85. The molecular weight excluding hydrogens is 535 g/mol. The highest BCUT2D eigenvalue weighted by molar-refractivity contribution is 7.42. The van der Waals surface area contributed by atoms with E-state index < -0.39 is 8.60 Å². The molecule has 0 aromatic heterocycles. The molecule has 2 aromatic rings. The molecule has 2 rings (SSSR count).